The lowest BCUT2D eigenvalue weighted by Gasteiger charge is -2.33. The van der Waals surface area contributed by atoms with E-state index in [0.29, 0.717) is 26.2 Å². The molecule has 0 nitrogen and oxygen atoms in total. The second kappa shape index (κ2) is 4.13. The van der Waals surface area contributed by atoms with Gasteiger partial charge in [-0.05, 0) is 29.4 Å². The van der Waals surface area contributed by atoms with Gasteiger partial charge in [-0.2, -0.15) is 11.8 Å². The second-order valence-corrected chi connectivity index (χ2v) is 5.90. The first-order valence-corrected chi connectivity index (χ1v) is 6.54. The lowest BCUT2D eigenvalue weighted by Crippen LogP contribution is -2.19. The van der Waals surface area contributed by atoms with Crippen LogP contribution in [0.3, 0.4) is 0 Å². The van der Waals surface area contributed by atoms with Gasteiger partial charge in [0.1, 0.15) is 0 Å². The SMILES string of the molecule is CC1CSC1c1cc(Cl)c(Cl)c(Cl)c1. The molecule has 0 bridgehead atoms. The van der Waals surface area contributed by atoms with Crippen LogP contribution < -0.4 is 0 Å². The number of benzene rings is 1. The van der Waals surface area contributed by atoms with Crippen LogP contribution in [0.5, 0.6) is 0 Å². The molecule has 2 rings (SSSR count). The van der Waals surface area contributed by atoms with Gasteiger partial charge in [0.25, 0.3) is 0 Å². The van der Waals surface area contributed by atoms with Gasteiger partial charge < -0.3 is 0 Å². The summed E-state index contributed by atoms with van der Waals surface area (Å²) in [6.07, 6.45) is 0. The molecule has 1 aliphatic heterocycles. The first kappa shape index (κ1) is 10.9. The molecule has 2 atom stereocenters. The van der Waals surface area contributed by atoms with Gasteiger partial charge >= 0.3 is 0 Å². The van der Waals surface area contributed by atoms with Crippen LogP contribution in [0.15, 0.2) is 12.1 Å². The van der Waals surface area contributed by atoms with Crippen molar-refractivity contribution in [3.8, 4) is 0 Å². The molecule has 1 heterocycles. The quantitative estimate of drug-likeness (QED) is 0.640. The van der Waals surface area contributed by atoms with Crippen LogP contribution >= 0.6 is 46.6 Å². The summed E-state index contributed by atoms with van der Waals surface area (Å²) in [7, 11) is 0. The Labute approximate surface area is 103 Å². The van der Waals surface area contributed by atoms with Crippen molar-refractivity contribution < 1.29 is 0 Å². The standard InChI is InChI=1S/C10H9Cl3S/c1-5-4-14-10(5)6-2-7(11)9(13)8(12)3-6/h2-3,5,10H,4H2,1H3. The Balaban J connectivity index is 2.35. The van der Waals surface area contributed by atoms with Crippen molar-refractivity contribution in [2.75, 3.05) is 5.75 Å². The van der Waals surface area contributed by atoms with Gasteiger partial charge in [-0.1, -0.05) is 41.7 Å². The van der Waals surface area contributed by atoms with Crippen LogP contribution in [0.1, 0.15) is 17.7 Å². The maximum Gasteiger partial charge on any atom is 0.0778 e. The van der Waals surface area contributed by atoms with Gasteiger partial charge in [0.15, 0.2) is 0 Å². The Morgan fingerprint density at radius 2 is 1.79 bits per heavy atom. The Morgan fingerprint density at radius 3 is 2.14 bits per heavy atom. The maximum absolute atomic E-state index is 5.97. The minimum Gasteiger partial charge on any atom is -0.153 e. The topological polar surface area (TPSA) is 0 Å². The molecule has 0 radical (unpaired) electrons. The van der Waals surface area contributed by atoms with E-state index >= 15 is 0 Å². The summed E-state index contributed by atoms with van der Waals surface area (Å²) in [6, 6.07) is 3.84. The van der Waals surface area contributed by atoms with Crippen molar-refractivity contribution in [2.45, 2.75) is 12.2 Å². The van der Waals surface area contributed by atoms with E-state index in [1.54, 1.807) is 0 Å². The van der Waals surface area contributed by atoms with E-state index in [9.17, 15) is 0 Å². The zero-order valence-electron chi connectivity index (χ0n) is 7.56. The molecule has 1 aromatic carbocycles. The summed E-state index contributed by atoms with van der Waals surface area (Å²) >= 11 is 19.7. The Bertz CT molecular complexity index is 341. The number of rotatable bonds is 1. The molecule has 0 N–H and O–H groups in total. The van der Waals surface area contributed by atoms with E-state index < -0.39 is 0 Å². The summed E-state index contributed by atoms with van der Waals surface area (Å²) in [6.45, 7) is 2.23. The number of hydrogen-bond donors (Lipinski definition) is 0. The third-order valence-corrected chi connectivity index (χ3v) is 5.40. The molecule has 4 heteroatoms. The lowest BCUT2D eigenvalue weighted by atomic mass is 10.0. The van der Waals surface area contributed by atoms with Crippen molar-refractivity contribution in [1.29, 1.82) is 0 Å². The molecule has 76 valence electrons. The Morgan fingerprint density at radius 1 is 1.21 bits per heavy atom. The largest absolute Gasteiger partial charge is 0.153 e. The molecule has 0 spiro atoms. The molecule has 1 aliphatic rings. The second-order valence-electron chi connectivity index (χ2n) is 3.53. The van der Waals surface area contributed by atoms with Crippen molar-refractivity contribution in [3.05, 3.63) is 32.8 Å². The summed E-state index contributed by atoms with van der Waals surface area (Å²) < 4.78 is 0. The highest BCUT2D eigenvalue weighted by atomic mass is 35.5. The monoisotopic (exact) mass is 266 g/mol. The highest BCUT2D eigenvalue weighted by Crippen LogP contribution is 2.48. The van der Waals surface area contributed by atoms with Crippen molar-refractivity contribution >= 4 is 46.6 Å². The van der Waals surface area contributed by atoms with Crippen LogP contribution in [0, 0.1) is 5.92 Å². The highest BCUT2D eigenvalue weighted by molar-refractivity contribution is 8.00. The smallest absolute Gasteiger partial charge is 0.0778 e. The number of halogens is 3. The molecular weight excluding hydrogens is 259 g/mol. The molecule has 14 heavy (non-hydrogen) atoms. The van der Waals surface area contributed by atoms with E-state index in [2.05, 4.69) is 6.92 Å². The molecular formula is C10H9Cl3S. The maximum atomic E-state index is 5.97. The van der Waals surface area contributed by atoms with Gasteiger partial charge in [-0.3, -0.25) is 0 Å². The molecule has 2 unspecified atom stereocenters. The summed E-state index contributed by atoms with van der Waals surface area (Å²) in [5, 5.41) is 2.08. The van der Waals surface area contributed by atoms with Crippen molar-refractivity contribution in [2.24, 2.45) is 5.92 Å². The first-order chi connectivity index (χ1) is 6.59. The number of hydrogen-bond acceptors (Lipinski definition) is 1. The fourth-order valence-corrected chi connectivity index (χ4v) is 3.26. The fraction of sp³-hybridized carbons (Fsp3) is 0.400. The van der Waals surface area contributed by atoms with Gasteiger partial charge in [0, 0.05) is 5.25 Å². The minimum atomic E-state index is 0.453. The molecule has 0 saturated carbocycles. The third kappa shape index (κ3) is 1.88. The van der Waals surface area contributed by atoms with E-state index in [0.717, 1.165) is 0 Å². The van der Waals surface area contributed by atoms with Gasteiger partial charge in [-0.15, -0.1) is 0 Å². The molecule has 1 fully saturated rings. The van der Waals surface area contributed by atoms with Crippen LogP contribution in [-0.4, -0.2) is 5.75 Å². The fourth-order valence-electron chi connectivity index (χ4n) is 1.55. The molecule has 1 aromatic rings. The molecule has 0 aliphatic carbocycles. The van der Waals surface area contributed by atoms with Crippen LogP contribution in [0.25, 0.3) is 0 Å². The first-order valence-electron chi connectivity index (χ1n) is 4.35. The van der Waals surface area contributed by atoms with Crippen molar-refractivity contribution in [3.63, 3.8) is 0 Å². The summed E-state index contributed by atoms with van der Waals surface area (Å²) in [5.41, 5.74) is 1.19. The zero-order valence-corrected chi connectivity index (χ0v) is 10.6. The van der Waals surface area contributed by atoms with Crippen molar-refractivity contribution in [1.82, 2.24) is 0 Å². The summed E-state index contributed by atoms with van der Waals surface area (Å²) in [4.78, 5) is 0. The van der Waals surface area contributed by atoms with E-state index in [1.807, 2.05) is 23.9 Å². The lowest BCUT2D eigenvalue weighted by molar-refractivity contribution is 0.599. The van der Waals surface area contributed by atoms with Crippen LogP contribution in [0.2, 0.25) is 15.1 Å². The Hall–Kier alpha value is 0.440. The van der Waals surface area contributed by atoms with Crippen LogP contribution in [0.4, 0.5) is 0 Å². The summed E-state index contributed by atoms with van der Waals surface area (Å²) in [5.74, 6) is 1.91. The average Bonchev–Trinajstić information content (AvgIpc) is 2.11. The van der Waals surface area contributed by atoms with E-state index in [-0.39, 0.29) is 0 Å². The normalized spacial score (nSPS) is 26.0. The Kier molecular flexibility index (Phi) is 3.23. The molecule has 0 amide bonds. The zero-order chi connectivity index (χ0) is 10.3. The highest BCUT2D eigenvalue weighted by Gasteiger charge is 2.29. The van der Waals surface area contributed by atoms with Gasteiger partial charge in [-0.25, -0.2) is 0 Å². The van der Waals surface area contributed by atoms with Crippen LogP contribution in [-0.2, 0) is 0 Å². The van der Waals surface area contributed by atoms with Gasteiger partial charge in [0.05, 0.1) is 15.1 Å². The van der Waals surface area contributed by atoms with E-state index in [4.69, 9.17) is 34.8 Å². The van der Waals surface area contributed by atoms with Gasteiger partial charge in [0.2, 0.25) is 0 Å². The predicted molar refractivity (Wildman–Crippen MR) is 65.8 cm³/mol. The predicted octanol–water partition coefficient (Wildman–Crippen LogP) is 5.07. The van der Waals surface area contributed by atoms with E-state index in [1.165, 1.54) is 11.3 Å². The third-order valence-electron chi connectivity index (χ3n) is 2.39. The molecule has 1 saturated heterocycles. The average molecular weight is 268 g/mol. The molecule has 0 aromatic heterocycles. The minimum absolute atomic E-state index is 0.453. The number of thioether (sulfide) groups is 1.